The summed E-state index contributed by atoms with van der Waals surface area (Å²) < 4.78 is 11.5. The third kappa shape index (κ3) is 4.10. The van der Waals surface area contributed by atoms with Crippen molar-refractivity contribution in [2.45, 2.75) is 64.0 Å². The molecule has 0 N–H and O–H groups in total. The molecule has 1 aliphatic carbocycles. The van der Waals surface area contributed by atoms with Crippen LogP contribution >= 0.6 is 11.3 Å². The molecule has 6 nitrogen and oxygen atoms in total. The Morgan fingerprint density at radius 2 is 1.74 bits per heavy atom. The predicted octanol–water partition coefficient (Wildman–Crippen LogP) is 3.80. The fourth-order valence-corrected chi connectivity index (χ4v) is 7.17. The summed E-state index contributed by atoms with van der Waals surface area (Å²) in [5.41, 5.74) is 1.56. The van der Waals surface area contributed by atoms with Crippen LogP contribution in [0, 0.1) is 5.92 Å². The van der Waals surface area contributed by atoms with Gasteiger partial charge in [0.25, 0.3) is 0 Å². The maximum absolute atomic E-state index is 6.01. The second-order valence-corrected chi connectivity index (χ2v) is 10.7. The summed E-state index contributed by atoms with van der Waals surface area (Å²) in [4.78, 5) is 18.1. The number of hydrogen-bond donors (Lipinski definition) is 0. The highest BCUT2D eigenvalue weighted by Gasteiger charge is 2.32. The largest absolute Gasteiger partial charge is 0.379 e. The molecular formula is C24H34N4O2S. The quantitative estimate of drug-likeness (QED) is 0.718. The van der Waals surface area contributed by atoms with Crippen molar-refractivity contribution >= 4 is 27.4 Å². The van der Waals surface area contributed by atoms with Gasteiger partial charge in [-0.05, 0) is 62.8 Å². The van der Waals surface area contributed by atoms with Crippen molar-refractivity contribution in [2.24, 2.45) is 5.92 Å². The maximum atomic E-state index is 6.01. The minimum atomic E-state index is 0.498. The van der Waals surface area contributed by atoms with Crippen molar-refractivity contribution in [3.63, 3.8) is 0 Å². The number of piperidine rings is 1. The smallest absolute Gasteiger partial charge is 0.146 e. The number of rotatable bonds is 4. The van der Waals surface area contributed by atoms with Crippen molar-refractivity contribution in [1.82, 2.24) is 14.9 Å². The van der Waals surface area contributed by atoms with Crippen molar-refractivity contribution in [3.8, 4) is 0 Å². The maximum Gasteiger partial charge on any atom is 0.146 e. The van der Waals surface area contributed by atoms with E-state index in [0.717, 1.165) is 64.3 Å². The number of ether oxygens (including phenoxy) is 2. The van der Waals surface area contributed by atoms with Crippen LogP contribution in [-0.4, -0.2) is 67.0 Å². The van der Waals surface area contributed by atoms with Crippen molar-refractivity contribution in [2.75, 3.05) is 50.9 Å². The number of morpholine rings is 1. The Balaban J connectivity index is 1.30. The Morgan fingerprint density at radius 1 is 0.903 bits per heavy atom. The minimum Gasteiger partial charge on any atom is -0.379 e. The topological polar surface area (TPSA) is 50.7 Å². The van der Waals surface area contributed by atoms with Crippen molar-refractivity contribution in [3.05, 3.63) is 16.3 Å². The Bertz CT molecular complexity index is 912. The monoisotopic (exact) mass is 442 g/mol. The van der Waals surface area contributed by atoms with Crippen molar-refractivity contribution in [1.29, 1.82) is 0 Å². The van der Waals surface area contributed by atoms with E-state index in [-0.39, 0.29) is 0 Å². The molecule has 0 bridgehead atoms. The van der Waals surface area contributed by atoms with Crippen LogP contribution < -0.4 is 4.90 Å². The van der Waals surface area contributed by atoms with E-state index in [0.29, 0.717) is 6.10 Å². The van der Waals surface area contributed by atoms with Gasteiger partial charge in [-0.2, -0.15) is 0 Å². The van der Waals surface area contributed by atoms with Crippen LogP contribution in [0.5, 0.6) is 0 Å². The average Bonchev–Trinajstić information content (AvgIpc) is 3.47. The van der Waals surface area contributed by atoms with Crippen LogP contribution in [0.15, 0.2) is 0 Å². The summed E-state index contributed by atoms with van der Waals surface area (Å²) in [6.45, 7) is 7.58. The molecule has 168 valence electrons. The summed E-state index contributed by atoms with van der Waals surface area (Å²) in [5.74, 6) is 2.93. The number of aromatic nitrogens is 2. The summed E-state index contributed by atoms with van der Waals surface area (Å²) in [5, 5.41) is 1.38. The number of nitrogens with zero attached hydrogens (tertiary/aromatic N) is 4. The summed E-state index contributed by atoms with van der Waals surface area (Å²) in [6.07, 6.45) is 10.5. The lowest BCUT2D eigenvalue weighted by atomic mass is 9.89. The molecule has 7 heteroatoms. The molecule has 2 aromatic heterocycles. The third-order valence-corrected chi connectivity index (χ3v) is 8.83. The molecule has 0 aromatic carbocycles. The van der Waals surface area contributed by atoms with Gasteiger partial charge in [-0.25, -0.2) is 9.97 Å². The molecule has 5 heterocycles. The molecule has 4 aliphatic rings. The second-order valence-electron chi connectivity index (χ2n) is 9.62. The SMILES string of the molecule is C1CCc2c(sc3nc(CN4CCOCC4)nc(N4CCC(C5CCCO5)CC4)c23)C1. The molecular weight excluding hydrogens is 408 g/mol. The predicted molar refractivity (Wildman–Crippen MR) is 124 cm³/mol. The first-order valence-corrected chi connectivity index (χ1v) is 13.1. The standard InChI is InChI=1S/C24H34N4O2S/c1-2-6-20-18(4-1)22-23(28-9-7-17(8-10-28)19-5-3-13-30-19)25-21(26-24(22)31-20)16-27-11-14-29-15-12-27/h17,19H,1-16H2. The zero-order valence-corrected chi connectivity index (χ0v) is 19.3. The van der Waals surface area contributed by atoms with Crippen LogP contribution in [0.2, 0.25) is 0 Å². The van der Waals surface area contributed by atoms with Crippen molar-refractivity contribution < 1.29 is 9.47 Å². The van der Waals surface area contributed by atoms with Gasteiger partial charge in [-0.3, -0.25) is 4.90 Å². The molecule has 0 saturated carbocycles. The van der Waals surface area contributed by atoms with E-state index in [4.69, 9.17) is 19.4 Å². The molecule has 1 unspecified atom stereocenters. The molecule has 0 amide bonds. The molecule has 3 saturated heterocycles. The fraction of sp³-hybridized carbons (Fsp3) is 0.750. The van der Waals surface area contributed by atoms with Gasteiger partial charge in [0, 0.05) is 37.7 Å². The number of fused-ring (bicyclic) bond motifs is 3. The molecule has 31 heavy (non-hydrogen) atoms. The van der Waals surface area contributed by atoms with Gasteiger partial charge in [0.2, 0.25) is 0 Å². The number of aryl methyl sites for hydroxylation is 2. The lowest BCUT2D eigenvalue weighted by Crippen LogP contribution is -2.39. The van der Waals surface area contributed by atoms with Crippen LogP contribution in [-0.2, 0) is 28.9 Å². The highest BCUT2D eigenvalue weighted by Crippen LogP contribution is 2.41. The van der Waals surface area contributed by atoms with E-state index in [1.807, 2.05) is 11.3 Å². The average molecular weight is 443 g/mol. The molecule has 0 spiro atoms. The Morgan fingerprint density at radius 3 is 2.55 bits per heavy atom. The van der Waals surface area contributed by atoms with Gasteiger partial charge >= 0.3 is 0 Å². The zero-order valence-electron chi connectivity index (χ0n) is 18.5. The van der Waals surface area contributed by atoms with Gasteiger partial charge < -0.3 is 14.4 Å². The van der Waals surface area contributed by atoms with Crippen LogP contribution in [0.25, 0.3) is 10.2 Å². The Labute approximate surface area is 188 Å². The second kappa shape index (κ2) is 8.93. The molecule has 6 rings (SSSR count). The van der Waals surface area contributed by atoms with Gasteiger partial charge in [0.15, 0.2) is 0 Å². The Kier molecular flexibility index (Phi) is 5.86. The van der Waals surface area contributed by atoms with E-state index in [9.17, 15) is 0 Å². The normalized spacial score (nSPS) is 25.9. The lowest BCUT2D eigenvalue weighted by molar-refractivity contribution is 0.0331. The first-order valence-electron chi connectivity index (χ1n) is 12.3. The van der Waals surface area contributed by atoms with Gasteiger partial charge in [0.05, 0.1) is 31.2 Å². The fourth-order valence-electron chi connectivity index (χ4n) is 5.90. The molecule has 2 aromatic rings. The van der Waals surface area contributed by atoms with Crippen LogP contribution in [0.4, 0.5) is 5.82 Å². The number of anilines is 1. The van der Waals surface area contributed by atoms with Gasteiger partial charge in [-0.1, -0.05) is 0 Å². The summed E-state index contributed by atoms with van der Waals surface area (Å²) >= 11 is 1.93. The summed E-state index contributed by atoms with van der Waals surface area (Å²) in [7, 11) is 0. The zero-order chi connectivity index (χ0) is 20.6. The molecule has 3 fully saturated rings. The van der Waals surface area contributed by atoms with E-state index in [1.165, 1.54) is 67.4 Å². The lowest BCUT2D eigenvalue weighted by Gasteiger charge is -2.35. The minimum absolute atomic E-state index is 0.498. The van der Waals surface area contributed by atoms with E-state index in [2.05, 4.69) is 9.80 Å². The van der Waals surface area contributed by atoms with E-state index in [1.54, 1.807) is 10.4 Å². The molecule has 3 aliphatic heterocycles. The molecule has 1 atom stereocenters. The third-order valence-electron chi connectivity index (χ3n) is 7.64. The van der Waals surface area contributed by atoms with Crippen LogP contribution in [0.3, 0.4) is 0 Å². The highest BCUT2D eigenvalue weighted by molar-refractivity contribution is 7.19. The van der Waals surface area contributed by atoms with Crippen LogP contribution in [0.1, 0.15) is 54.8 Å². The highest BCUT2D eigenvalue weighted by atomic mass is 32.1. The van der Waals surface area contributed by atoms with Gasteiger partial charge in [0.1, 0.15) is 16.5 Å². The summed E-state index contributed by atoms with van der Waals surface area (Å²) in [6, 6.07) is 0. The molecule has 0 radical (unpaired) electrons. The first-order chi connectivity index (χ1) is 15.3. The number of thiophene rings is 1. The first kappa shape index (κ1) is 20.3. The van der Waals surface area contributed by atoms with E-state index >= 15 is 0 Å². The van der Waals surface area contributed by atoms with Gasteiger partial charge in [-0.15, -0.1) is 11.3 Å². The Hall–Kier alpha value is -1.28. The van der Waals surface area contributed by atoms with E-state index < -0.39 is 0 Å². The number of hydrogen-bond acceptors (Lipinski definition) is 7.